The van der Waals surface area contributed by atoms with Crippen LogP contribution in [-0.2, 0) is 17.2 Å². The fourth-order valence-corrected chi connectivity index (χ4v) is 5.66. The summed E-state index contributed by atoms with van der Waals surface area (Å²) in [6, 6.07) is 0. The summed E-state index contributed by atoms with van der Waals surface area (Å²) in [6.07, 6.45) is 6.23. The summed E-state index contributed by atoms with van der Waals surface area (Å²) in [5, 5.41) is 13.7. The number of halogens is 1. The van der Waals surface area contributed by atoms with Gasteiger partial charge in [-0.3, -0.25) is 9.00 Å². The number of carbonyl (C=O) groups is 1. The van der Waals surface area contributed by atoms with Gasteiger partial charge >= 0.3 is 0 Å². The number of hydrogen-bond donors (Lipinski definition) is 2. The van der Waals surface area contributed by atoms with Gasteiger partial charge < -0.3 is 20.2 Å². The number of fused-ring (bicyclic) bond motifs is 1. The predicted octanol–water partition coefficient (Wildman–Crippen LogP) is 0.873. The van der Waals surface area contributed by atoms with Crippen molar-refractivity contribution >= 4 is 40.1 Å². The van der Waals surface area contributed by atoms with Gasteiger partial charge in [0.05, 0.1) is 33.7 Å². The van der Waals surface area contributed by atoms with Gasteiger partial charge in [0.1, 0.15) is 10.7 Å². The molecular formula is C20H24ClN7O3S. The lowest BCUT2D eigenvalue weighted by molar-refractivity contribution is 0.0733. The third-order valence-corrected chi connectivity index (χ3v) is 7.99. The van der Waals surface area contributed by atoms with Crippen molar-refractivity contribution in [3.05, 3.63) is 28.9 Å². The first-order valence-corrected chi connectivity index (χ1v) is 12.4. The molecule has 5 rings (SSSR count). The minimum absolute atomic E-state index is 0.0152. The quantitative estimate of drug-likeness (QED) is 0.645. The van der Waals surface area contributed by atoms with Crippen LogP contribution in [0.4, 0.5) is 11.8 Å². The number of rotatable bonds is 5. The Morgan fingerprint density at radius 2 is 1.91 bits per heavy atom. The zero-order chi connectivity index (χ0) is 22.3. The molecular weight excluding hydrogens is 454 g/mol. The Labute approximate surface area is 192 Å². The molecule has 32 heavy (non-hydrogen) atoms. The molecule has 10 nitrogen and oxygen atoms in total. The van der Waals surface area contributed by atoms with Crippen molar-refractivity contribution in [2.75, 3.05) is 48.8 Å². The first kappa shape index (κ1) is 21.5. The van der Waals surface area contributed by atoms with Gasteiger partial charge in [-0.05, 0) is 19.3 Å². The molecule has 0 aromatic carbocycles. The van der Waals surface area contributed by atoms with Gasteiger partial charge in [0.2, 0.25) is 11.8 Å². The van der Waals surface area contributed by atoms with Gasteiger partial charge in [-0.25, -0.2) is 15.0 Å². The average molecular weight is 478 g/mol. The molecule has 1 aliphatic carbocycles. The van der Waals surface area contributed by atoms with Gasteiger partial charge in [-0.2, -0.15) is 4.98 Å². The number of nitrogens with one attached hydrogen (secondary N) is 1. The van der Waals surface area contributed by atoms with Crippen molar-refractivity contribution < 1.29 is 14.1 Å². The van der Waals surface area contributed by atoms with E-state index in [0.29, 0.717) is 60.0 Å². The van der Waals surface area contributed by atoms with E-state index in [-0.39, 0.29) is 18.3 Å². The number of hydrogen-bond acceptors (Lipinski definition) is 9. The Morgan fingerprint density at radius 1 is 1.19 bits per heavy atom. The number of anilines is 2. The van der Waals surface area contributed by atoms with Crippen molar-refractivity contribution in [3.63, 3.8) is 0 Å². The van der Waals surface area contributed by atoms with E-state index in [9.17, 15) is 14.1 Å². The summed E-state index contributed by atoms with van der Waals surface area (Å²) in [5.74, 6) is 1.57. The van der Waals surface area contributed by atoms with E-state index < -0.39 is 16.3 Å². The smallest absolute Gasteiger partial charge is 0.291 e. The Morgan fingerprint density at radius 3 is 2.53 bits per heavy atom. The van der Waals surface area contributed by atoms with Gasteiger partial charge in [-0.1, -0.05) is 11.6 Å². The van der Waals surface area contributed by atoms with Crippen molar-refractivity contribution in [3.8, 4) is 0 Å². The SMILES string of the molecule is O=C(c1ncc(Cl)cn1)N1CCN(c2nc3c(c(NC4(CO)CCC4)n2)S(=O)CC3)CC1. The maximum atomic E-state index is 12.7. The lowest BCUT2D eigenvalue weighted by Gasteiger charge is -2.42. The summed E-state index contributed by atoms with van der Waals surface area (Å²) in [4.78, 5) is 34.5. The van der Waals surface area contributed by atoms with Crippen LogP contribution in [0, 0.1) is 0 Å². The number of aliphatic hydroxyl groups is 1. The molecule has 1 saturated heterocycles. The number of nitrogens with zero attached hydrogens (tertiary/aromatic N) is 6. The van der Waals surface area contributed by atoms with Crippen LogP contribution in [0.5, 0.6) is 0 Å². The van der Waals surface area contributed by atoms with Crippen molar-refractivity contribution in [1.82, 2.24) is 24.8 Å². The van der Waals surface area contributed by atoms with Crippen LogP contribution in [0.15, 0.2) is 17.3 Å². The van der Waals surface area contributed by atoms with Crippen molar-refractivity contribution in [2.45, 2.75) is 36.1 Å². The molecule has 0 bridgehead atoms. The molecule has 2 fully saturated rings. The fourth-order valence-electron chi connectivity index (χ4n) is 4.26. The molecule has 2 aromatic rings. The molecule has 170 valence electrons. The Bertz CT molecular complexity index is 1050. The highest BCUT2D eigenvalue weighted by Crippen LogP contribution is 2.38. The maximum Gasteiger partial charge on any atom is 0.291 e. The van der Waals surface area contributed by atoms with Crippen LogP contribution in [0.2, 0.25) is 5.02 Å². The summed E-state index contributed by atoms with van der Waals surface area (Å²) in [5.41, 5.74) is 0.409. The highest BCUT2D eigenvalue weighted by Gasteiger charge is 2.39. The lowest BCUT2D eigenvalue weighted by atomic mass is 9.77. The molecule has 1 amide bonds. The number of aromatic nitrogens is 4. The largest absolute Gasteiger partial charge is 0.394 e. The highest BCUT2D eigenvalue weighted by molar-refractivity contribution is 7.85. The molecule has 2 N–H and O–H groups in total. The first-order chi connectivity index (χ1) is 15.5. The molecule has 12 heteroatoms. The Kier molecular flexibility index (Phi) is 5.72. The number of aryl methyl sites for hydroxylation is 1. The van der Waals surface area contributed by atoms with Crippen LogP contribution >= 0.6 is 11.6 Å². The number of carbonyl (C=O) groups excluding carboxylic acids is 1. The van der Waals surface area contributed by atoms with Crippen LogP contribution < -0.4 is 10.2 Å². The number of piperazine rings is 1. The maximum absolute atomic E-state index is 12.7. The minimum Gasteiger partial charge on any atom is -0.394 e. The summed E-state index contributed by atoms with van der Waals surface area (Å²) < 4.78 is 12.6. The Hall–Kier alpha value is -2.37. The molecule has 1 atom stereocenters. The molecule has 0 spiro atoms. The molecule has 3 aliphatic rings. The molecule has 1 unspecified atom stereocenters. The first-order valence-electron chi connectivity index (χ1n) is 10.7. The molecule has 2 aromatic heterocycles. The Balaban J connectivity index is 1.33. The average Bonchev–Trinajstić information content (AvgIpc) is 3.17. The number of amides is 1. The van der Waals surface area contributed by atoms with E-state index in [1.165, 1.54) is 12.4 Å². The molecule has 4 heterocycles. The lowest BCUT2D eigenvalue weighted by Crippen LogP contribution is -2.50. The van der Waals surface area contributed by atoms with Crippen molar-refractivity contribution in [1.29, 1.82) is 0 Å². The van der Waals surface area contributed by atoms with Gasteiger partial charge in [0.25, 0.3) is 5.91 Å². The second-order valence-electron chi connectivity index (χ2n) is 8.37. The second kappa shape index (κ2) is 8.53. The minimum atomic E-state index is -1.14. The normalized spacial score (nSPS) is 21.8. The van der Waals surface area contributed by atoms with Crippen LogP contribution in [0.3, 0.4) is 0 Å². The van der Waals surface area contributed by atoms with Crippen LogP contribution in [0.25, 0.3) is 0 Å². The monoisotopic (exact) mass is 477 g/mol. The van der Waals surface area contributed by atoms with E-state index in [4.69, 9.17) is 21.6 Å². The third kappa shape index (κ3) is 3.93. The van der Waals surface area contributed by atoms with Gasteiger partial charge in [-0.15, -0.1) is 0 Å². The standard InChI is InChI=1S/C20H24ClN7O3S/c21-13-10-22-17(23-11-13)18(30)27-5-7-28(8-6-27)19-24-14-2-9-32(31)15(14)16(25-19)26-20(12-29)3-1-4-20/h10-11,29H,1-9,12H2,(H,24,25,26). The predicted molar refractivity (Wildman–Crippen MR) is 119 cm³/mol. The molecule has 0 radical (unpaired) electrons. The van der Waals surface area contributed by atoms with E-state index >= 15 is 0 Å². The van der Waals surface area contributed by atoms with E-state index in [1.54, 1.807) is 4.90 Å². The van der Waals surface area contributed by atoms with Crippen LogP contribution in [-0.4, -0.2) is 84.1 Å². The summed E-state index contributed by atoms with van der Waals surface area (Å²) in [7, 11) is -1.14. The topological polar surface area (TPSA) is 124 Å². The van der Waals surface area contributed by atoms with Gasteiger partial charge in [0, 0.05) is 50.7 Å². The van der Waals surface area contributed by atoms with E-state index in [0.717, 1.165) is 25.0 Å². The number of aliphatic hydroxyl groups excluding tert-OH is 1. The van der Waals surface area contributed by atoms with Gasteiger partial charge in [0.15, 0.2) is 0 Å². The third-order valence-electron chi connectivity index (χ3n) is 6.33. The summed E-state index contributed by atoms with van der Waals surface area (Å²) in [6.45, 7) is 2.11. The van der Waals surface area contributed by atoms with Crippen molar-refractivity contribution in [2.24, 2.45) is 0 Å². The second-order valence-corrected chi connectivity index (χ2v) is 10.3. The molecule has 1 saturated carbocycles. The molecule has 2 aliphatic heterocycles. The van der Waals surface area contributed by atoms with Crippen LogP contribution in [0.1, 0.15) is 35.6 Å². The highest BCUT2D eigenvalue weighted by atomic mass is 35.5. The zero-order valence-electron chi connectivity index (χ0n) is 17.5. The van der Waals surface area contributed by atoms with E-state index in [1.807, 2.05) is 4.90 Å². The zero-order valence-corrected chi connectivity index (χ0v) is 19.0. The fraction of sp³-hybridized carbons (Fsp3) is 0.550. The summed E-state index contributed by atoms with van der Waals surface area (Å²) >= 11 is 5.80. The van der Waals surface area contributed by atoms with E-state index in [2.05, 4.69) is 15.3 Å².